The van der Waals surface area contributed by atoms with Crippen molar-refractivity contribution in [1.82, 2.24) is 9.21 Å². The van der Waals surface area contributed by atoms with Crippen LogP contribution in [0.15, 0.2) is 53.4 Å². The topological polar surface area (TPSA) is 66.9 Å². The second-order valence-electron chi connectivity index (χ2n) is 8.36. The van der Waals surface area contributed by atoms with Crippen LogP contribution in [0.2, 0.25) is 5.02 Å². The van der Waals surface area contributed by atoms with Gasteiger partial charge in [0.05, 0.1) is 18.0 Å². The molecule has 2 saturated heterocycles. The maximum absolute atomic E-state index is 12.8. The van der Waals surface area contributed by atoms with Crippen LogP contribution in [0.5, 0.6) is 0 Å². The number of carbonyl (C=O) groups is 1. The molecule has 2 aromatic rings. The molecule has 1 atom stereocenters. The quantitative estimate of drug-likeness (QED) is 0.630. The fourth-order valence-electron chi connectivity index (χ4n) is 4.25. The number of ether oxygens (including phenoxy) is 1. The average Bonchev–Trinajstić information content (AvgIpc) is 2.84. The summed E-state index contributed by atoms with van der Waals surface area (Å²) >= 11 is 5.96. The van der Waals surface area contributed by atoms with Crippen LogP contribution in [-0.2, 0) is 26.0 Å². The van der Waals surface area contributed by atoms with Gasteiger partial charge in [0.2, 0.25) is 15.9 Å². The molecule has 32 heavy (non-hydrogen) atoms. The fraction of sp³-hybridized carbons (Fsp3) is 0.458. The lowest BCUT2D eigenvalue weighted by molar-refractivity contribution is -0.139. The van der Waals surface area contributed by atoms with Crippen LogP contribution in [0.1, 0.15) is 42.9 Å². The Balaban J connectivity index is 1.32. The van der Waals surface area contributed by atoms with E-state index >= 15 is 0 Å². The molecule has 172 valence electrons. The van der Waals surface area contributed by atoms with Crippen molar-refractivity contribution in [3.63, 3.8) is 0 Å². The predicted molar refractivity (Wildman–Crippen MR) is 124 cm³/mol. The highest BCUT2D eigenvalue weighted by molar-refractivity contribution is 7.89. The zero-order valence-corrected chi connectivity index (χ0v) is 19.7. The maximum Gasteiger partial charge on any atom is 0.243 e. The molecule has 0 aliphatic carbocycles. The Kier molecular flexibility index (Phi) is 7.51. The van der Waals surface area contributed by atoms with Gasteiger partial charge in [-0.15, -0.1) is 0 Å². The number of amides is 1. The van der Waals surface area contributed by atoms with Gasteiger partial charge in [-0.25, -0.2) is 8.42 Å². The van der Waals surface area contributed by atoms with E-state index in [0.29, 0.717) is 55.5 Å². The lowest BCUT2D eigenvalue weighted by Crippen LogP contribution is -2.42. The number of sulfonamides is 1. The van der Waals surface area contributed by atoms with Crippen molar-refractivity contribution in [1.29, 1.82) is 0 Å². The summed E-state index contributed by atoms with van der Waals surface area (Å²) in [7, 11) is -3.43. The predicted octanol–water partition coefficient (Wildman–Crippen LogP) is 4.05. The largest absolute Gasteiger partial charge is 0.370 e. The number of morpholine rings is 1. The molecule has 0 aromatic heterocycles. The molecule has 8 heteroatoms. The second-order valence-corrected chi connectivity index (χ2v) is 10.7. The van der Waals surface area contributed by atoms with Gasteiger partial charge in [-0.2, -0.15) is 4.31 Å². The molecular weight excluding hydrogens is 448 g/mol. The number of halogens is 1. The molecule has 0 N–H and O–H groups in total. The normalized spacial score (nSPS) is 20.3. The first-order valence-corrected chi connectivity index (χ1v) is 13.0. The van der Waals surface area contributed by atoms with E-state index in [9.17, 15) is 13.2 Å². The summed E-state index contributed by atoms with van der Waals surface area (Å²) in [6.45, 7) is 2.79. The minimum Gasteiger partial charge on any atom is -0.370 e. The standard InChI is InChI=1S/C24H29ClN2O4S/c25-21-9-7-20(8-10-21)23-18-26(16-17-31-23)24(28)13-6-19-4-11-22(12-5-19)32(29,30)27-14-2-1-3-15-27/h4-5,7-12,23H,1-3,6,13-18H2. The summed E-state index contributed by atoms with van der Waals surface area (Å²) in [6, 6.07) is 14.5. The van der Waals surface area contributed by atoms with Crippen molar-refractivity contribution in [2.24, 2.45) is 0 Å². The molecule has 2 aliphatic heterocycles. The summed E-state index contributed by atoms with van der Waals surface area (Å²) in [5.41, 5.74) is 1.97. The van der Waals surface area contributed by atoms with E-state index in [-0.39, 0.29) is 12.0 Å². The zero-order valence-electron chi connectivity index (χ0n) is 18.1. The third-order valence-corrected chi connectivity index (χ3v) is 8.33. The summed E-state index contributed by atoms with van der Waals surface area (Å²) in [4.78, 5) is 15.0. The van der Waals surface area contributed by atoms with E-state index in [1.807, 2.05) is 41.3 Å². The van der Waals surface area contributed by atoms with Crippen LogP contribution in [0.25, 0.3) is 0 Å². The van der Waals surface area contributed by atoms with Crippen LogP contribution in [0, 0.1) is 0 Å². The number of carbonyl (C=O) groups excluding carboxylic acids is 1. The van der Waals surface area contributed by atoms with Crippen molar-refractivity contribution in [2.45, 2.75) is 43.1 Å². The lowest BCUT2D eigenvalue weighted by atomic mass is 10.1. The highest BCUT2D eigenvalue weighted by Crippen LogP contribution is 2.25. The number of piperidine rings is 1. The SMILES string of the molecule is O=C(CCc1ccc(S(=O)(=O)N2CCCCC2)cc1)N1CCOC(c2ccc(Cl)cc2)C1. The third kappa shape index (κ3) is 5.52. The van der Waals surface area contributed by atoms with Crippen molar-refractivity contribution in [3.8, 4) is 0 Å². The summed E-state index contributed by atoms with van der Waals surface area (Å²) in [5.74, 6) is 0.0808. The van der Waals surface area contributed by atoms with Crippen LogP contribution in [-0.4, -0.2) is 56.3 Å². The molecule has 1 unspecified atom stereocenters. The molecule has 2 aliphatic rings. The van der Waals surface area contributed by atoms with Gasteiger partial charge in [-0.3, -0.25) is 4.79 Å². The summed E-state index contributed by atoms with van der Waals surface area (Å²) in [6.07, 6.45) is 3.73. The Labute approximate surface area is 195 Å². The number of hydrogen-bond acceptors (Lipinski definition) is 4. The molecular formula is C24H29ClN2O4S. The molecule has 4 rings (SSSR count). The number of benzene rings is 2. The van der Waals surface area contributed by atoms with Gasteiger partial charge in [0, 0.05) is 31.1 Å². The van der Waals surface area contributed by atoms with Gasteiger partial charge in [0.25, 0.3) is 0 Å². The van der Waals surface area contributed by atoms with Crippen molar-refractivity contribution >= 4 is 27.5 Å². The molecule has 1 amide bonds. The van der Waals surface area contributed by atoms with Gasteiger partial charge in [-0.05, 0) is 54.7 Å². The smallest absolute Gasteiger partial charge is 0.243 e. The highest BCUT2D eigenvalue weighted by Gasteiger charge is 2.27. The van der Waals surface area contributed by atoms with Gasteiger partial charge in [0.1, 0.15) is 6.10 Å². The Hall–Kier alpha value is -1.93. The average molecular weight is 477 g/mol. The van der Waals surface area contributed by atoms with Gasteiger partial charge >= 0.3 is 0 Å². The number of hydrogen-bond donors (Lipinski definition) is 0. The van der Waals surface area contributed by atoms with E-state index < -0.39 is 10.0 Å². The van der Waals surface area contributed by atoms with E-state index in [1.54, 1.807) is 16.4 Å². The maximum atomic E-state index is 12.8. The minimum atomic E-state index is -3.43. The molecule has 0 radical (unpaired) electrons. The van der Waals surface area contributed by atoms with Gasteiger partial charge in [-0.1, -0.05) is 42.3 Å². The first-order chi connectivity index (χ1) is 15.4. The first-order valence-electron chi connectivity index (χ1n) is 11.2. The molecule has 0 saturated carbocycles. The van der Waals surface area contributed by atoms with Crippen molar-refractivity contribution in [2.75, 3.05) is 32.8 Å². The highest BCUT2D eigenvalue weighted by atomic mass is 35.5. The van der Waals surface area contributed by atoms with Gasteiger partial charge in [0.15, 0.2) is 0 Å². The molecule has 2 aromatic carbocycles. The van der Waals surface area contributed by atoms with Crippen LogP contribution in [0.4, 0.5) is 0 Å². The lowest BCUT2D eigenvalue weighted by Gasteiger charge is -2.33. The van der Waals surface area contributed by atoms with Crippen molar-refractivity contribution in [3.05, 3.63) is 64.7 Å². The third-order valence-electron chi connectivity index (χ3n) is 6.16. The van der Waals surface area contributed by atoms with E-state index in [0.717, 1.165) is 30.4 Å². The van der Waals surface area contributed by atoms with E-state index in [4.69, 9.17) is 16.3 Å². The Bertz CT molecular complexity index is 1020. The monoisotopic (exact) mass is 476 g/mol. The number of nitrogens with zero attached hydrogens (tertiary/aromatic N) is 2. The van der Waals surface area contributed by atoms with Gasteiger partial charge < -0.3 is 9.64 Å². The Morgan fingerprint density at radius 3 is 2.34 bits per heavy atom. The molecule has 0 spiro atoms. The van der Waals surface area contributed by atoms with Crippen LogP contribution >= 0.6 is 11.6 Å². The Morgan fingerprint density at radius 1 is 0.969 bits per heavy atom. The fourth-order valence-corrected chi connectivity index (χ4v) is 5.89. The first kappa shape index (κ1) is 23.2. The molecule has 0 bridgehead atoms. The summed E-state index contributed by atoms with van der Waals surface area (Å²) in [5, 5.41) is 0.673. The minimum absolute atomic E-state index is 0.0808. The van der Waals surface area contributed by atoms with Crippen molar-refractivity contribution < 1.29 is 17.9 Å². The summed E-state index contributed by atoms with van der Waals surface area (Å²) < 4.78 is 33.0. The van der Waals surface area contributed by atoms with E-state index in [1.165, 1.54) is 0 Å². The number of rotatable bonds is 6. The number of aryl methyl sites for hydroxylation is 1. The van der Waals surface area contributed by atoms with E-state index in [2.05, 4.69) is 0 Å². The van der Waals surface area contributed by atoms with Crippen LogP contribution in [0.3, 0.4) is 0 Å². The zero-order chi connectivity index (χ0) is 22.6. The van der Waals surface area contributed by atoms with Crippen LogP contribution < -0.4 is 0 Å². The Morgan fingerprint density at radius 2 is 1.66 bits per heavy atom. The molecule has 2 heterocycles. The molecule has 2 fully saturated rings. The second kappa shape index (κ2) is 10.3. The molecule has 6 nitrogen and oxygen atoms in total.